The standard InChI is InChI=1S/C14H11N3O4/c15-12(18)8-3-1-4-9(7-8)17-13(19)11-10(14(20)21)5-2-6-16-11/h1-7H,(H2,15,18)(H,17,19)(H,20,21). The third kappa shape index (κ3) is 3.21. The van der Waals surface area contributed by atoms with Crippen molar-refractivity contribution in [3.8, 4) is 0 Å². The number of hydrogen-bond donors (Lipinski definition) is 3. The molecule has 7 heteroatoms. The number of nitrogens with zero attached hydrogens (tertiary/aromatic N) is 1. The van der Waals surface area contributed by atoms with E-state index in [0.29, 0.717) is 5.69 Å². The van der Waals surface area contributed by atoms with Gasteiger partial charge in [-0.15, -0.1) is 0 Å². The highest BCUT2D eigenvalue weighted by atomic mass is 16.4. The Labute approximate surface area is 119 Å². The fourth-order valence-corrected chi connectivity index (χ4v) is 1.70. The Kier molecular flexibility index (Phi) is 3.94. The van der Waals surface area contributed by atoms with Crippen molar-refractivity contribution < 1.29 is 19.5 Å². The summed E-state index contributed by atoms with van der Waals surface area (Å²) in [4.78, 5) is 37.9. The van der Waals surface area contributed by atoms with Gasteiger partial charge in [-0.1, -0.05) is 6.07 Å². The quantitative estimate of drug-likeness (QED) is 0.777. The van der Waals surface area contributed by atoms with Crippen molar-refractivity contribution in [2.24, 2.45) is 5.73 Å². The largest absolute Gasteiger partial charge is 0.478 e. The van der Waals surface area contributed by atoms with Crippen molar-refractivity contribution in [2.45, 2.75) is 0 Å². The second-order valence-electron chi connectivity index (χ2n) is 4.10. The molecule has 0 atom stereocenters. The monoisotopic (exact) mass is 285 g/mol. The molecular weight excluding hydrogens is 274 g/mol. The molecular formula is C14H11N3O4. The van der Waals surface area contributed by atoms with Gasteiger partial charge in [0.05, 0.1) is 5.56 Å². The van der Waals surface area contributed by atoms with Gasteiger partial charge in [0.2, 0.25) is 5.91 Å². The Hall–Kier alpha value is -3.22. The highest BCUT2D eigenvalue weighted by Gasteiger charge is 2.17. The number of carboxylic acids is 1. The van der Waals surface area contributed by atoms with E-state index in [1.807, 2.05) is 0 Å². The average Bonchev–Trinajstić information content (AvgIpc) is 2.47. The summed E-state index contributed by atoms with van der Waals surface area (Å²) in [7, 11) is 0. The first-order valence-corrected chi connectivity index (χ1v) is 5.88. The van der Waals surface area contributed by atoms with Crippen molar-refractivity contribution in [1.82, 2.24) is 4.98 Å². The molecule has 0 fully saturated rings. The van der Waals surface area contributed by atoms with Crippen LogP contribution in [0.15, 0.2) is 42.6 Å². The van der Waals surface area contributed by atoms with E-state index < -0.39 is 17.8 Å². The van der Waals surface area contributed by atoms with Crippen LogP contribution < -0.4 is 11.1 Å². The van der Waals surface area contributed by atoms with Gasteiger partial charge in [-0.05, 0) is 30.3 Å². The second-order valence-corrected chi connectivity index (χ2v) is 4.10. The molecule has 0 saturated carbocycles. The minimum absolute atomic E-state index is 0.207. The van der Waals surface area contributed by atoms with Crippen LogP contribution in [-0.4, -0.2) is 27.9 Å². The van der Waals surface area contributed by atoms with Crippen molar-refractivity contribution in [2.75, 3.05) is 5.32 Å². The maximum absolute atomic E-state index is 12.1. The molecule has 0 aliphatic carbocycles. The number of benzene rings is 1. The van der Waals surface area contributed by atoms with Gasteiger partial charge in [0.15, 0.2) is 0 Å². The number of rotatable bonds is 4. The molecule has 2 rings (SSSR count). The number of nitrogens with one attached hydrogen (secondary N) is 1. The lowest BCUT2D eigenvalue weighted by Crippen LogP contribution is -2.18. The molecule has 4 N–H and O–H groups in total. The van der Waals surface area contributed by atoms with E-state index in [9.17, 15) is 14.4 Å². The van der Waals surface area contributed by atoms with E-state index in [-0.39, 0.29) is 16.8 Å². The highest BCUT2D eigenvalue weighted by Crippen LogP contribution is 2.13. The molecule has 0 saturated heterocycles. The molecule has 1 aromatic heterocycles. The zero-order valence-electron chi connectivity index (χ0n) is 10.7. The van der Waals surface area contributed by atoms with E-state index in [1.165, 1.54) is 30.5 Å². The number of aromatic carboxylic acids is 1. The van der Waals surface area contributed by atoms with Gasteiger partial charge < -0.3 is 16.2 Å². The number of pyridine rings is 1. The van der Waals surface area contributed by atoms with E-state index >= 15 is 0 Å². The number of aromatic nitrogens is 1. The minimum atomic E-state index is -1.25. The van der Waals surface area contributed by atoms with Crippen molar-refractivity contribution in [3.05, 3.63) is 59.4 Å². The van der Waals surface area contributed by atoms with Crippen LogP contribution in [0.5, 0.6) is 0 Å². The number of anilines is 1. The Morgan fingerprint density at radius 3 is 2.57 bits per heavy atom. The summed E-state index contributed by atoms with van der Waals surface area (Å²) in [6.07, 6.45) is 1.32. The first-order chi connectivity index (χ1) is 9.99. The van der Waals surface area contributed by atoms with Crippen LogP contribution in [0, 0.1) is 0 Å². The molecule has 0 unspecified atom stereocenters. The average molecular weight is 285 g/mol. The third-order valence-electron chi connectivity index (χ3n) is 2.66. The first kappa shape index (κ1) is 14.2. The third-order valence-corrected chi connectivity index (χ3v) is 2.66. The van der Waals surface area contributed by atoms with Gasteiger partial charge in [-0.3, -0.25) is 14.6 Å². The molecule has 0 spiro atoms. The normalized spacial score (nSPS) is 9.90. The Morgan fingerprint density at radius 2 is 1.90 bits per heavy atom. The zero-order chi connectivity index (χ0) is 15.4. The van der Waals surface area contributed by atoms with Gasteiger partial charge in [-0.25, -0.2) is 4.79 Å². The van der Waals surface area contributed by atoms with E-state index in [0.717, 1.165) is 0 Å². The zero-order valence-corrected chi connectivity index (χ0v) is 10.7. The van der Waals surface area contributed by atoms with Crippen LogP contribution >= 0.6 is 0 Å². The summed E-state index contributed by atoms with van der Waals surface area (Å²) in [5.41, 5.74) is 5.27. The van der Waals surface area contributed by atoms with Crippen LogP contribution in [-0.2, 0) is 0 Å². The number of primary amides is 1. The van der Waals surface area contributed by atoms with Gasteiger partial charge in [0, 0.05) is 17.4 Å². The van der Waals surface area contributed by atoms with Gasteiger partial charge in [0.25, 0.3) is 5.91 Å². The Bertz CT molecular complexity index is 728. The molecule has 1 aromatic carbocycles. The molecule has 2 amide bonds. The molecule has 0 bridgehead atoms. The predicted octanol–water partition coefficient (Wildman–Crippen LogP) is 1.13. The van der Waals surface area contributed by atoms with E-state index in [4.69, 9.17) is 10.8 Å². The molecule has 0 aliphatic heterocycles. The van der Waals surface area contributed by atoms with Crippen LogP contribution in [0.2, 0.25) is 0 Å². The first-order valence-electron chi connectivity index (χ1n) is 5.88. The van der Waals surface area contributed by atoms with Crippen molar-refractivity contribution >= 4 is 23.5 Å². The van der Waals surface area contributed by atoms with Gasteiger partial charge >= 0.3 is 5.97 Å². The van der Waals surface area contributed by atoms with E-state index in [1.54, 1.807) is 12.1 Å². The number of carbonyl (C=O) groups is 3. The smallest absolute Gasteiger partial charge is 0.338 e. The molecule has 0 aliphatic rings. The SMILES string of the molecule is NC(=O)c1cccc(NC(=O)c2ncccc2C(=O)O)c1. The topological polar surface area (TPSA) is 122 Å². The van der Waals surface area contributed by atoms with Crippen LogP contribution in [0.4, 0.5) is 5.69 Å². The Morgan fingerprint density at radius 1 is 1.14 bits per heavy atom. The molecule has 21 heavy (non-hydrogen) atoms. The van der Waals surface area contributed by atoms with Crippen LogP contribution in [0.1, 0.15) is 31.2 Å². The van der Waals surface area contributed by atoms with Crippen LogP contribution in [0.25, 0.3) is 0 Å². The Balaban J connectivity index is 2.28. The lowest BCUT2D eigenvalue weighted by molar-refractivity contribution is 0.0691. The number of carboxylic acid groups (broad SMARTS) is 1. The summed E-state index contributed by atoms with van der Waals surface area (Å²) in [6, 6.07) is 8.70. The fraction of sp³-hybridized carbons (Fsp3) is 0. The second kappa shape index (κ2) is 5.83. The maximum Gasteiger partial charge on any atom is 0.338 e. The fourth-order valence-electron chi connectivity index (χ4n) is 1.70. The number of carbonyl (C=O) groups excluding carboxylic acids is 2. The predicted molar refractivity (Wildman–Crippen MR) is 74.1 cm³/mol. The van der Waals surface area contributed by atoms with Crippen molar-refractivity contribution in [3.63, 3.8) is 0 Å². The summed E-state index contributed by atoms with van der Waals surface area (Å²) in [5.74, 6) is -2.57. The molecule has 0 radical (unpaired) electrons. The summed E-state index contributed by atoms with van der Waals surface area (Å²) in [5, 5.41) is 11.5. The van der Waals surface area contributed by atoms with Gasteiger partial charge in [0.1, 0.15) is 5.69 Å². The van der Waals surface area contributed by atoms with Gasteiger partial charge in [-0.2, -0.15) is 0 Å². The molecule has 2 aromatic rings. The molecule has 7 nitrogen and oxygen atoms in total. The highest BCUT2D eigenvalue weighted by molar-refractivity contribution is 6.09. The minimum Gasteiger partial charge on any atom is -0.478 e. The summed E-state index contributed by atoms with van der Waals surface area (Å²) >= 11 is 0. The molecule has 1 heterocycles. The number of amides is 2. The van der Waals surface area contributed by atoms with Crippen molar-refractivity contribution in [1.29, 1.82) is 0 Å². The summed E-state index contributed by atoms with van der Waals surface area (Å²) in [6.45, 7) is 0. The lowest BCUT2D eigenvalue weighted by atomic mass is 10.1. The number of hydrogen-bond acceptors (Lipinski definition) is 4. The van der Waals surface area contributed by atoms with Crippen LogP contribution in [0.3, 0.4) is 0 Å². The maximum atomic E-state index is 12.1. The number of nitrogens with two attached hydrogens (primary N) is 1. The summed E-state index contributed by atoms with van der Waals surface area (Å²) < 4.78 is 0. The lowest BCUT2D eigenvalue weighted by Gasteiger charge is -2.07. The molecule has 106 valence electrons. The van der Waals surface area contributed by atoms with E-state index in [2.05, 4.69) is 10.3 Å².